The molecule has 0 unspecified atom stereocenters. The van der Waals surface area contributed by atoms with E-state index in [4.69, 9.17) is 5.73 Å². The highest BCUT2D eigenvalue weighted by molar-refractivity contribution is 5.97. The van der Waals surface area contributed by atoms with Gasteiger partial charge in [-0.2, -0.15) is 5.10 Å². The molecule has 1 aromatic rings. The fourth-order valence-corrected chi connectivity index (χ4v) is 2.59. The van der Waals surface area contributed by atoms with Crippen LogP contribution in [0.2, 0.25) is 0 Å². The standard InChI is InChI=1S/C13H22N4O/c1-17-12(11(14)9-15-17)13(18)16-10-7-5-3-2-4-6-8-10/h9-10H,2-8,14H2,1H3,(H,16,18). The lowest BCUT2D eigenvalue weighted by atomic mass is 9.96. The van der Waals surface area contributed by atoms with E-state index < -0.39 is 0 Å². The van der Waals surface area contributed by atoms with Crippen LogP contribution >= 0.6 is 0 Å². The zero-order chi connectivity index (χ0) is 13.0. The van der Waals surface area contributed by atoms with Gasteiger partial charge in [-0.3, -0.25) is 9.48 Å². The highest BCUT2D eigenvalue weighted by atomic mass is 16.2. The van der Waals surface area contributed by atoms with Crippen molar-refractivity contribution in [2.75, 3.05) is 5.73 Å². The van der Waals surface area contributed by atoms with Crippen LogP contribution in [0.3, 0.4) is 0 Å². The number of rotatable bonds is 2. The summed E-state index contributed by atoms with van der Waals surface area (Å²) in [4.78, 5) is 12.2. The number of anilines is 1. The summed E-state index contributed by atoms with van der Waals surface area (Å²) in [6, 6.07) is 0.284. The molecular weight excluding hydrogens is 228 g/mol. The number of hydrogen-bond donors (Lipinski definition) is 2. The smallest absolute Gasteiger partial charge is 0.271 e. The van der Waals surface area contributed by atoms with Gasteiger partial charge < -0.3 is 11.1 Å². The molecule has 0 radical (unpaired) electrons. The summed E-state index contributed by atoms with van der Waals surface area (Å²) in [5.41, 5.74) is 6.67. The molecule has 1 aliphatic rings. The quantitative estimate of drug-likeness (QED) is 0.841. The van der Waals surface area contributed by atoms with Gasteiger partial charge in [-0.15, -0.1) is 0 Å². The van der Waals surface area contributed by atoms with Crippen molar-refractivity contribution in [3.8, 4) is 0 Å². The van der Waals surface area contributed by atoms with E-state index in [2.05, 4.69) is 10.4 Å². The number of nitrogens with zero attached hydrogens (tertiary/aromatic N) is 2. The maximum atomic E-state index is 12.2. The fraction of sp³-hybridized carbons (Fsp3) is 0.692. The van der Waals surface area contributed by atoms with Gasteiger partial charge in [-0.1, -0.05) is 32.1 Å². The lowest BCUT2D eigenvalue weighted by molar-refractivity contribution is 0.0922. The van der Waals surface area contributed by atoms with E-state index in [1.807, 2.05) is 0 Å². The molecule has 100 valence electrons. The van der Waals surface area contributed by atoms with Gasteiger partial charge in [0.15, 0.2) is 0 Å². The van der Waals surface area contributed by atoms with E-state index in [0.717, 1.165) is 12.8 Å². The first kappa shape index (κ1) is 12.9. The minimum Gasteiger partial charge on any atom is -0.396 e. The molecule has 0 aliphatic heterocycles. The van der Waals surface area contributed by atoms with Crippen LogP contribution in [0.5, 0.6) is 0 Å². The van der Waals surface area contributed by atoms with Gasteiger partial charge in [0, 0.05) is 13.1 Å². The van der Waals surface area contributed by atoms with E-state index in [-0.39, 0.29) is 11.9 Å². The van der Waals surface area contributed by atoms with Crippen molar-refractivity contribution >= 4 is 11.6 Å². The van der Waals surface area contributed by atoms with Gasteiger partial charge in [-0.25, -0.2) is 0 Å². The van der Waals surface area contributed by atoms with Crippen LogP contribution in [0.1, 0.15) is 55.4 Å². The molecule has 1 amide bonds. The van der Waals surface area contributed by atoms with Crippen LogP contribution in [-0.4, -0.2) is 21.7 Å². The largest absolute Gasteiger partial charge is 0.396 e. The molecule has 0 atom stereocenters. The van der Waals surface area contributed by atoms with Gasteiger partial charge in [-0.05, 0) is 12.8 Å². The third-order valence-corrected chi connectivity index (χ3v) is 3.62. The first-order valence-corrected chi connectivity index (χ1v) is 6.77. The second-order valence-electron chi connectivity index (χ2n) is 5.09. The maximum Gasteiger partial charge on any atom is 0.271 e. The first-order valence-electron chi connectivity index (χ1n) is 6.77. The third-order valence-electron chi connectivity index (χ3n) is 3.62. The van der Waals surface area contributed by atoms with Crippen molar-refractivity contribution in [2.24, 2.45) is 7.05 Å². The van der Waals surface area contributed by atoms with Gasteiger partial charge in [0.1, 0.15) is 5.69 Å². The Balaban J connectivity index is 1.97. The number of carbonyl (C=O) groups is 1. The fourth-order valence-electron chi connectivity index (χ4n) is 2.59. The summed E-state index contributed by atoms with van der Waals surface area (Å²) in [7, 11) is 1.74. The number of aryl methyl sites for hydroxylation is 1. The molecule has 1 fully saturated rings. The Bertz CT molecular complexity index is 386. The van der Waals surface area contributed by atoms with Crippen LogP contribution in [0.15, 0.2) is 6.20 Å². The lowest BCUT2D eigenvalue weighted by Crippen LogP contribution is -2.36. The van der Waals surface area contributed by atoms with Crippen LogP contribution in [0.25, 0.3) is 0 Å². The van der Waals surface area contributed by atoms with Crippen molar-refractivity contribution in [3.05, 3.63) is 11.9 Å². The van der Waals surface area contributed by atoms with Crippen molar-refractivity contribution < 1.29 is 4.79 Å². The number of nitrogen functional groups attached to an aromatic ring is 1. The number of nitrogens with two attached hydrogens (primary N) is 1. The molecule has 1 saturated carbocycles. The Kier molecular flexibility index (Phi) is 4.23. The zero-order valence-corrected chi connectivity index (χ0v) is 11.0. The maximum absolute atomic E-state index is 12.2. The van der Waals surface area contributed by atoms with Gasteiger partial charge in [0.05, 0.1) is 11.9 Å². The Morgan fingerprint density at radius 1 is 1.33 bits per heavy atom. The second kappa shape index (κ2) is 5.89. The second-order valence-corrected chi connectivity index (χ2v) is 5.09. The molecule has 0 saturated heterocycles. The van der Waals surface area contributed by atoms with Crippen molar-refractivity contribution in [3.63, 3.8) is 0 Å². The minimum atomic E-state index is -0.0990. The third kappa shape index (κ3) is 3.03. The summed E-state index contributed by atoms with van der Waals surface area (Å²) in [5, 5.41) is 7.09. The molecule has 2 rings (SSSR count). The van der Waals surface area contributed by atoms with Crippen LogP contribution in [0.4, 0.5) is 5.69 Å². The first-order chi connectivity index (χ1) is 8.68. The van der Waals surface area contributed by atoms with Gasteiger partial charge >= 0.3 is 0 Å². The van der Waals surface area contributed by atoms with Crippen molar-refractivity contribution in [1.82, 2.24) is 15.1 Å². The normalized spacial score (nSPS) is 18.1. The molecule has 3 N–H and O–H groups in total. The molecule has 1 aliphatic carbocycles. The Hall–Kier alpha value is -1.52. The number of nitrogens with one attached hydrogen (secondary N) is 1. The summed E-state index contributed by atoms with van der Waals surface area (Å²) < 4.78 is 1.54. The zero-order valence-electron chi connectivity index (χ0n) is 11.0. The van der Waals surface area contributed by atoms with Crippen molar-refractivity contribution in [1.29, 1.82) is 0 Å². The molecule has 1 heterocycles. The van der Waals surface area contributed by atoms with Gasteiger partial charge in [0.25, 0.3) is 5.91 Å². The number of hydrogen-bond acceptors (Lipinski definition) is 3. The Morgan fingerprint density at radius 3 is 2.50 bits per heavy atom. The predicted molar refractivity (Wildman–Crippen MR) is 71.2 cm³/mol. The summed E-state index contributed by atoms with van der Waals surface area (Å²) >= 11 is 0. The number of carbonyl (C=O) groups excluding carboxylic acids is 1. The molecule has 1 aromatic heterocycles. The number of amides is 1. The minimum absolute atomic E-state index is 0.0990. The average molecular weight is 250 g/mol. The molecule has 0 aromatic carbocycles. The molecule has 5 heteroatoms. The topological polar surface area (TPSA) is 72.9 Å². The van der Waals surface area contributed by atoms with Crippen LogP contribution < -0.4 is 11.1 Å². The van der Waals surface area contributed by atoms with Gasteiger partial charge in [0.2, 0.25) is 0 Å². The van der Waals surface area contributed by atoms with E-state index >= 15 is 0 Å². The van der Waals surface area contributed by atoms with E-state index in [9.17, 15) is 4.79 Å². The molecule has 0 bridgehead atoms. The molecule has 0 spiro atoms. The monoisotopic (exact) mass is 250 g/mol. The Morgan fingerprint density at radius 2 is 1.94 bits per heavy atom. The highest BCUT2D eigenvalue weighted by Crippen LogP contribution is 2.18. The molecular formula is C13H22N4O. The Labute approximate surface area is 108 Å². The van der Waals surface area contributed by atoms with E-state index in [1.165, 1.54) is 43.0 Å². The van der Waals surface area contributed by atoms with E-state index in [1.54, 1.807) is 7.05 Å². The molecule has 18 heavy (non-hydrogen) atoms. The summed E-state index contributed by atoms with van der Waals surface area (Å²) in [6.45, 7) is 0. The number of aromatic nitrogens is 2. The highest BCUT2D eigenvalue weighted by Gasteiger charge is 2.19. The average Bonchev–Trinajstić information content (AvgIpc) is 2.62. The predicted octanol–water partition coefficient (Wildman–Crippen LogP) is 1.84. The summed E-state index contributed by atoms with van der Waals surface area (Å²) in [6.07, 6.45) is 9.95. The van der Waals surface area contributed by atoms with Crippen LogP contribution in [-0.2, 0) is 7.05 Å². The summed E-state index contributed by atoms with van der Waals surface area (Å²) in [5.74, 6) is -0.0990. The molecule has 5 nitrogen and oxygen atoms in total. The SMILES string of the molecule is Cn1ncc(N)c1C(=O)NC1CCCCCCC1. The lowest BCUT2D eigenvalue weighted by Gasteiger charge is -2.21. The van der Waals surface area contributed by atoms with Crippen molar-refractivity contribution in [2.45, 2.75) is 51.0 Å². The van der Waals surface area contributed by atoms with E-state index in [0.29, 0.717) is 11.4 Å². The van der Waals surface area contributed by atoms with Crippen LogP contribution in [0, 0.1) is 0 Å².